The third-order valence-corrected chi connectivity index (χ3v) is 9.68. The Balaban J connectivity index is 0.000000211. The molecular weight excluding hydrogens is 558 g/mol. The number of hydrogen-bond acceptors (Lipinski definition) is 3. The number of aromatic nitrogens is 2. The third-order valence-electron chi connectivity index (χ3n) is 9.68. The van der Waals surface area contributed by atoms with Crippen LogP contribution in [0.4, 0.5) is 5.82 Å². The van der Waals surface area contributed by atoms with Gasteiger partial charge in [-0.05, 0) is 67.7 Å². The molecule has 1 heterocycles. The van der Waals surface area contributed by atoms with E-state index in [0.717, 1.165) is 47.2 Å². The van der Waals surface area contributed by atoms with Gasteiger partial charge in [-0.25, -0.2) is 9.97 Å². The summed E-state index contributed by atoms with van der Waals surface area (Å²) in [6, 6.07) is 29.9. The largest absolute Gasteiger partial charge is 0.362 e. The zero-order valence-electron chi connectivity index (χ0n) is 29.9. The standard InChI is InChI=1S/C23H28.C11H13N3.C9H18/c1-4-6-7-10-15-20(3)23(5-2,21-16-11-8-12-17-21)22-18-13-9-14-19-22;1-8-12-10-7-5-4-6-9(10)11(13-8)14(2)3;1-3-9-6-4-8(2)5-7-9/h4,6,8-20H,5,7H2,1-3H3;4-7H,1-3H3;8-9H,3-7H2,1-2H3/b6-4-,15-10-;;. The fraction of sp³-hybridized carbons (Fsp3) is 0.442. The molecule has 1 atom stereocenters. The molecule has 0 aliphatic heterocycles. The number of hydrogen-bond donors (Lipinski definition) is 0. The summed E-state index contributed by atoms with van der Waals surface area (Å²) in [6.45, 7) is 13.3. The first-order valence-corrected chi connectivity index (χ1v) is 17.6. The van der Waals surface area contributed by atoms with Gasteiger partial charge in [0.1, 0.15) is 11.6 Å². The maximum Gasteiger partial charge on any atom is 0.139 e. The molecular formula is C43H59N3. The van der Waals surface area contributed by atoms with E-state index in [1.165, 1.54) is 43.2 Å². The molecule has 0 bridgehead atoms. The highest BCUT2D eigenvalue weighted by Gasteiger charge is 2.36. The number of rotatable bonds is 9. The van der Waals surface area contributed by atoms with Crippen molar-refractivity contribution in [1.82, 2.24) is 9.97 Å². The molecule has 3 nitrogen and oxygen atoms in total. The van der Waals surface area contributed by atoms with Gasteiger partial charge in [0.05, 0.1) is 5.52 Å². The fourth-order valence-corrected chi connectivity index (χ4v) is 6.81. The van der Waals surface area contributed by atoms with E-state index in [9.17, 15) is 0 Å². The monoisotopic (exact) mass is 617 g/mol. The predicted molar refractivity (Wildman–Crippen MR) is 202 cm³/mol. The van der Waals surface area contributed by atoms with Gasteiger partial charge in [-0.2, -0.15) is 0 Å². The zero-order chi connectivity index (χ0) is 33.4. The van der Waals surface area contributed by atoms with Crippen LogP contribution in [0.5, 0.6) is 0 Å². The molecule has 46 heavy (non-hydrogen) atoms. The van der Waals surface area contributed by atoms with Crippen LogP contribution in [0.15, 0.2) is 109 Å². The number of aryl methyl sites for hydroxylation is 1. The summed E-state index contributed by atoms with van der Waals surface area (Å²) in [6.07, 6.45) is 18.4. The average molecular weight is 618 g/mol. The lowest BCUT2D eigenvalue weighted by molar-refractivity contribution is 0.284. The number of fused-ring (bicyclic) bond motifs is 1. The van der Waals surface area contributed by atoms with E-state index in [-0.39, 0.29) is 5.41 Å². The van der Waals surface area contributed by atoms with Crippen LogP contribution in [0.3, 0.4) is 0 Å². The maximum absolute atomic E-state index is 4.42. The Bertz CT molecular complexity index is 1420. The summed E-state index contributed by atoms with van der Waals surface area (Å²) >= 11 is 0. The van der Waals surface area contributed by atoms with E-state index in [1.54, 1.807) is 0 Å². The molecule has 1 fully saturated rings. The van der Waals surface area contributed by atoms with Gasteiger partial charge in [0.25, 0.3) is 0 Å². The van der Waals surface area contributed by atoms with Crippen molar-refractivity contribution in [1.29, 1.82) is 0 Å². The van der Waals surface area contributed by atoms with Crippen molar-refractivity contribution >= 4 is 16.7 Å². The van der Waals surface area contributed by atoms with Gasteiger partial charge < -0.3 is 4.90 Å². The molecule has 0 N–H and O–H groups in total. The highest BCUT2D eigenvalue weighted by atomic mass is 15.1. The van der Waals surface area contributed by atoms with Gasteiger partial charge in [-0.15, -0.1) is 0 Å². The normalized spacial score (nSPS) is 17.2. The SMILES string of the molecule is C/C=C\C/C=C\C(C)C(CC)(c1ccccc1)c1ccccc1.CCC1CCC(C)CC1.Cc1nc(N(C)C)c2ccccc2n1. The smallest absolute Gasteiger partial charge is 0.139 e. The number of nitrogens with zero attached hydrogens (tertiary/aromatic N) is 3. The lowest BCUT2D eigenvalue weighted by atomic mass is 9.64. The molecule has 1 aliphatic rings. The molecule has 4 aromatic rings. The van der Waals surface area contributed by atoms with Crippen LogP contribution in [-0.4, -0.2) is 24.1 Å². The van der Waals surface area contributed by atoms with Crippen molar-refractivity contribution < 1.29 is 0 Å². The van der Waals surface area contributed by atoms with Gasteiger partial charge in [0.15, 0.2) is 0 Å². The fourth-order valence-electron chi connectivity index (χ4n) is 6.81. The second-order valence-electron chi connectivity index (χ2n) is 13.1. The van der Waals surface area contributed by atoms with Crippen LogP contribution in [0.2, 0.25) is 0 Å². The van der Waals surface area contributed by atoms with Crippen LogP contribution >= 0.6 is 0 Å². The number of allylic oxidation sites excluding steroid dienone is 4. The second kappa shape index (κ2) is 19.1. The van der Waals surface area contributed by atoms with Crippen molar-refractivity contribution in [3.8, 4) is 0 Å². The summed E-state index contributed by atoms with van der Waals surface area (Å²) in [5.74, 6) is 4.32. The minimum absolute atomic E-state index is 0.0228. The number of para-hydroxylation sites is 1. The molecule has 1 aliphatic carbocycles. The second-order valence-corrected chi connectivity index (χ2v) is 13.1. The average Bonchev–Trinajstić information content (AvgIpc) is 3.09. The molecule has 246 valence electrons. The van der Waals surface area contributed by atoms with Crippen molar-refractivity contribution in [2.24, 2.45) is 17.8 Å². The Morgan fingerprint density at radius 2 is 1.37 bits per heavy atom. The Labute approximate surface area is 280 Å². The summed E-state index contributed by atoms with van der Waals surface area (Å²) in [4.78, 5) is 10.8. The van der Waals surface area contributed by atoms with Crippen molar-refractivity contribution in [2.45, 2.75) is 91.9 Å². The van der Waals surface area contributed by atoms with E-state index in [0.29, 0.717) is 5.92 Å². The lowest BCUT2D eigenvalue weighted by Crippen LogP contribution is -2.33. The van der Waals surface area contributed by atoms with E-state index in [4.69, 9.17) is 0 Å². The highest BCUT2D eigenvalue weighted by Crippen LogP contribution is 2.43. The van der Waals surface area contributed by atoms with Gasteiger partial charge >= 0.3 is 0 Å². The van der Waals surface area contributed by atoms with E-state index < -0.39 is 0 Å². The van der Waals surface area contributed by atoms with Crippen LogP contribution in [0.25, 0.3) is 10.9 Å². The Kier molecular flexibility index (Phi) is 15.2. The number of benzene rings is 3. The highest BCUT2D eigenvalue weighted by molar-refractivity contribution is 5.89. The first kappa shape index (κ1) is 36.7. The summed E-state index contributed by atoms with van der Waals surface area (Å²) < 4.78 is 0. The Hall–Kier alpha value is -3.72. The van der Waals surface area contributed by atoms with Gasteiger partial charge in [-0.3, -0.25) is 0 Å². The van der Waals surface area contributed by atoms with Crippen molar-refractivity contribution in [2.75, 3.05) is 19.0 Å². The molecule has 0 saturated heterocycles. The molecule has 5 rings (SSSR count). The maximum atomic E-state index is 4.42. The van der Waals surface area contributed by atoms with Crippen molar-refractivity contribution in [3.05, 3.63) is 126 Å². The summed E-state index contributed by atoms with van der Waals surface area (Å²) in [5.41, 5.74) is 3.83. The van der Waals surface area contributed by atoms with Gasteiger partial charge in [0.2, 0.25) is 0 Å². The summed E-state index contributed by atoms with van der Waals surface area (Å²) in [5, 5.41) is 1.10. The minimum atomic E-state index is 0.0228. The van der Waals surface area contributed by atoms with Crippen LogP contribution < -0.4 is 4.90 Å². The van der Waals surface area contributed by atoms with E-state index in [2.05, 4.69) is 130 Å². The predicted octanol–water partition coefficient (Wildman–Crippen LogP) is 11.8. The molecule has 0 spiro atoms. The van der Waals surface area contributed by atoms with Crippen LogP contribution in [0, 0.1) is 24.7 Å². The van der Waals surface area contributed by atoms with Crippen LogP contribution in [-0.2, 0) is 5.41 Å². The molecule has 1 saturated carbocycles. The molecule has 1 unspecified atom stereocenters. The van der Waals surface area contributed by atoms with Crippen LogP contribution in [0.1, 0.15) is 96.5 Å². The van der Waals surface area contributed by atoms with Gasteiger partial charge in [-0.1, -0.05) is 157 Å². The Morgan fingerprint density at radius 1 is 0.804 bits per heavy atom. The topological polar surface area (TPSA) is 29.0 Å². The Morgan fingerprint density at radius 3 is 1.89 bits per heavy atom. The first-order valence-electron chi connectivity index (χ1n) is 17.6. The quantitative estimate of drug-likeness (QED) is 0.175. The van der Waals surface area contributed by atoms with Gasteiger partial charge in [0, 0.05) is 24.9 Å². The number of anilines is 1. The zero-order valence-corrected chi connectivity index (χ0v) is 29.9. The third kappa shape index (κ3) is 10.1. The first-order chi connectivity index (χ1) is 22.3. The molecule has 1 aromatic heterocycles. The van der Waals surface area contributed by atoms with Crippen molar-refractivity contribution in [3.63, 3.8) is 0 Å². The molecule has 0 amide bonds. The molecule has 3 heteroatoms. The molecule has 0 radical (unpaired) electrons. The minimum Gasteiger partial charge on any atom is -0.362 e. The summed E-state index contributed by atoms with van der Waals surface area (Å²) in [7, 11) is 3.99. The van der Waals surface area contributed by atoms with E-state index in [1.807, 2.05) is 50.2 Å². The molecule has 3 aromatic carbocycles. The van der Waals surface area contributed by atoms with E-state index >= 15 is 0 Å². The lowest BCUT2D eigenvalue weighted by Gasteiger charge is -2.39.